The summed E-state index contributed by atoms with van der Waals surface area (Å²) in [5, 5.41) is 0. The van der Waals surface area contributed by atoms with Crippen LogP contribution in [0.5, 0.6) is 0 Å². The van der Waals surface area contributed by atoms with Crippen LogP contribution in [-0.4, -0.2) is 0 Å². The molecule has 0 saturated heterocycles. The average molecular weight is 198 g/mol. The van der Waals surface area contributed by atoms with E-state index in [1.54, 1.807) is 0 Å². The monoisotopic (exact) mass is 198 g/mol. The Kier molecular flexibility index (Phi) is 4.37. The summed E-state index contributed by atoms with van der Waals surface area (Å²) in [7, 11) is 0. The summed E-state index contributed by atoms with van der Waals surface area (Å²) >= 11 is 0. The Morgan fingerprint density at radius 3 is 1.62 bits per heavy atom. The van der Waals surface area contributed by atoms with E-state index in [1.165, 1.54) is 0 Å². The molecule has 0 saturated carbocycles. The topological polar surface area (TPSA) is 0 Å². The zero-order chi connectivity index (χ0) is 10.6. The van der Waals surface area contributed by atoms with E-state index in [1.807, 2.05) is 0 Å². The van der Waals surface area contributed by atoms with Crippen LogP contribution >= 0.6 is 0 Å². The lowest BCUT2D eigenvalue weighted by atomic mass is 10.2. The largest absolute Gasteiger partial charge is 0.215 e. The third-order valence-corrected chi connectivity index (χ3v) is 1.20. The van der Waals surface area contributed by atoms with E-state index < -0.39 is 28.9 Å². The van der Waals surface area contributed by atoms with E-state index in [0.29, 0.717) is 6.92 Å². The van der Waals surface area contributed by atoms with Gasteiger partial charge in [-0.05, 0) is 13.8 Å². The molecule has 0 aromatic heterocycles. The molecule has 0 aromatic rings. The first-order valence-corrected chi connectivity index (χ1v) is 3.26. The highest BCUT2D eigenvalue weighted by atomic mass is 19.2. The predicted molar refractivity (Wildman–Crippen MR) is 39.0 cm³/mol. The number of hydrogen-bond acceptors (Lipinski definition) is 0. The van der Waals surface area contributed by atoms with Crippen molar-refractivity contribution in [3.63, 3.8) is 0 Å². The lowest BCUT2D eigenvalue weighted by molar-refractivity contribution is 0.466. The zero-order valence-corrected chi connectivity index (χ0v) is 6.97. The molecule has 0 nitrogen and oxygen atoms in total. The summed E-state index contributed by atoms with van der Waals surface area (Å²) in [5.74, 6) is -7.25. The minimum atomic E-state index is -2.04. The van der Waals surface area contributed by atoms with Crippen LogP contribution in [0.25, 0.3) is 0 Å². The van der Waals surface area contributed by atoms with Gasteiger partial charge in [0.1, 0.15) is 5.83 Å². The van der Waals surface area contributed by atoms with Gasteiger partial charge in [-0.2, -0.15) is 0 Å². The van der Waals surface area contributed by atoms with Gasteiger partial charge in [0.25, 0.3) is 0 Å². The maximum absolute atomic E-state index is 12.6. The number of hydrogen-bond donors (Lipinski definition) is 0. The fourth-order valence-electron chi connectivity index (χ4n) is 0.469. The van der Waals surface area contributed by atoms with Gasteiger partial charge in [-0.3, -0.25) is 0 Å². The van der Waals surface area contributed by atoms with Crippen molar-refractivity contribution in [2.75, 3.05) is 0 Å². The van der Waals surface area contributed by atoms with Crippen molar-refractivity contribution in [1.82, 2.24) is 0 Å². The molecule has 0 aliphatic rings. The molecule has 0 radical (unpaired) electrons. The van der Waals surface area contributed by atoms with Crippen molar-refractivity contribution >= 4 is 0 Å². The Hall–Kier alpha value is -1.13. The highest BCUT2D eigenvalue weighted by Gasteiger charge is 2.16. The molecule has 5 heteroatoms. The predicted octanol–water partition coefficient (Wildman–Crippen LogP) is 4.18. The summed E-state index contributed by atoms with van der Waals surface area (Å²) in [5.41, 5.74) is -0.742. The third kappa shape index (κ3) is 3.01. The standard InChI is InChI=1S/C8H7F5/c1-4(3-9)6(11)8(13)7(12)5(2)10/h3H,1-2H3/b4-3+,7-5-,8-6-. The van der Waals surface area contributed by atoms with Crippen molar-refractivity contribution in [1.29, 1.82) is 0 Å². The van der Waals surface area contributed by atoms with E-state index in [4.69, 9.17) is 0 Å². The molecule has 0 rings (SSSR count). The smallest absolute Gasteiger partial charge is 0.197 e. The Morgan fingerprint density at radius 2 is 1.31 bits per heavy atom. The van der Waals surface area contributed by atoms with Crippen LogP contribution in [0.2, 0.25) is 0 Å². The Morgan fingerprint density at radius 1 is 0.846 bits per heavy atom. The van der Waals surface area contributed by atoms with Crippen molar-refractivity contribution in [2.24, 2.45) is 0 Å². The first-order chi connectivity index (χ1) is 5.91. The fraction of sp³-hybridized carbons (Fsp3) is 0.250. The van der Waals surface area contributed by atoms with Crippen LogP contribution in [0.4, 0.5) is 22.0 Å². The Bertz CT molecular complexity index is 281. The fourth-order valence-corrected chi connectivity index (χ4v) is 0.469. The van der Waals surface area contributed by atoms with Crippen LogP contribution in [0.3, 0.4) is 0 Å². The van der Waals surface area contributed by atoms with Crippen molar-refractivity contribution in [2.45, 2.75) is 13.8 Å². The summed E-state index contributed by atoms with van der Waals surface area (Å²) in [4.78, 5) is 0. The summed E-state index contributed by atoms with van der Waals surface area (Å²) in [6.45, 7) is 1.51. The number of allylic oxidation sites excluding steroid dienone is 5. The van der Waals surface area contributed by atoms with Crippen LogP contribution in [-0.2, 0) is 0 Å². The van der Waals surface area contributed by atoms with Crippen molar-refractivity contribution in [3.8, 4) is 0 Å². The van der Waals surface area contributed by atoms with Gasteiger partial charge in [-0.1, -0.05) is 0 Å². The summed E-state index contributed by atoms with van der Waals surface area (Å²) in [6.07, 6.45) is -0.240. The first-order valence-electron chi connectivity index (χ1n) is 3.26. The second kappa shape index (κ2) is 4.79. The van der Waals surface area contributed by atoms with E-state index in [2.05, 4.69) is 0 Å². The highest BCUT2D eigenvalue weighted by Crippen LogP contribution is 2.26. The molecule has 13 heavy (non-hydrogen) atoms. The maximum Gasteiger partial charge on any atom is 0.197 e. The van der Waals surface area contributed by atoms with Gasteiger partial charge in [0.2, 0.25) is 0 Å². The Balaban J connectivity index is 5.17. The van der Waals surface area contributed by atoms with Gasteiger partial charge < -0.3 is 0 Å². The SMILES string of the molecule is C\C(F)=C(F)/C(F)=C(F)\C(C)=C\F. The Labute approximate surface area is 72.1 Å². The van der Waals surface area contributed by atoms with Gasteiger partial charge >= 0.3 is 0 Å². The first kappa shape index (κ1) is 11.9. The molecule has 74 valence electrons. The van der Waals surface area contributed by atoms with Gasteiger partial charge in [0.05, 0.1) is 6.33 Å². The zero-order valence-electron chi connectivity index (χ0n) is 6.97. The maximum atomic E-state index is 12.6. The van der Waals surface area contributed by atoms with Gasteiger partial charge in [-0.25, -0.2) is 22.0 Å². The molecule has 0 atom stereocenters. The molecule has 0 bridgehead atoms. The summed E-state index contributed by atoms with van der Waals surface area (Å²) in [6, 6.07) is 0. The van der Waals surface area contributed by atoms with E-state index in [9.17, 15) is 22.0 Å². The molecule has 0 aromatic carbocycles. The molecular weight excluding hydrogens is 191 g/mol. The van der Waals surface area contributed by atoms with Crippen LogP contribution in [0, 0.1) is 0 Å². The highest BCUT2D eigenvalue weighted by molar-refractivity contribution is 5.33. The van der Waals surface area contributed by atoms with Crippen molar-refractivity contribution in [3.05, 3.63) is 35.2 Å². The molecule has 0 spiro atoms. The van der Waals surface area contributed by atoms with Crippen LogP contribution in [0.15, 0.2) is 35.2 Å². The minimum absolute atomic E-state index is 0.240. The van der Waals surface area contributed by atoms with Gasteiger partial charge in [0, 0.05) is 5.57 Å². The molecule has 0 aliphatic carbocycles. The third-order valence-electron chi connectivity index (χ3n) is 1.20. The molecule has 0 amide bonds. The van der Waals surface area contributed by atoms with E-state index in [-0.39, 0.29) is 6.33 Å². The lowest BCUT2D eigenvalue weighted by Gasteiger charge is -1.97. The molecule has 0 N–H and O–H groups in total. The normalized spacial score (nSPS) is 16.7. The molecule has 0 aliphatic heterocycles. The molecule has 0 unspecified atom stereocenters. The van der Waals surface area contributed by atoms with E-state index >= 15 is 0 Å². The average Bonchev–Trinajstić information content (AvgIpc) is 2.12. The molecular formula is C8H7F5. The minimum Gasteiger partial charge on any atom is -0.215 e. The van der Waals surface area contributed by atoms with Gasteiger partial charge in [0.15, 0.2) is 17.5 Å². The number of rotatable bonds is 2. The molecule has 0 heterocycles. The van der Waals surface area contributed by atoms with Crippen molar-refractivity contribution < 1.29 is 22.0 Å². The second-order valence-corrected chi connectivity index (χ2v) is 2.27. The van der Waals surface area contributed by atoms with Crippen LogP contribution in [0.1, 0.15) is 13.8 Å². The van der Waals surface area contributed by atoms with Gasteiger partial charge in [-0.15, -0.1) is 0 Å². The van der Waals surface area contributed by atoms with E-state index in [0.717, 1.165) is 6.92 Å². The number of halogens is 5. The molecule has 0 fully saturated rings. The lowest BCUT2D eigenvalue weighted by Crippen LogP contribution is -1.86. The second-order valence-electron chi connectivity index (χ2n) is 2.27. The van der Waals surface area contributed by atoms with Crippen LogP contribution < -0.4 is 0 Å². The quantitative estimate of drug-likeness (QED) is 0.461. The summed E-state index contributed by atoms with van der Waals surface area (Å²) < 4.78 is 61.1.